The molecule has 1 aliphatic heterocycles. The minimum absolute atomic E-state index is 0.229. The van der Waals surface area contributed by atoms with Gasteiger partial charge in [-0.25, -0.2) is 9.97 Å². The number of aromatic nitrogens is 2. The van der Waals surface area contributed by atoms with Crippen molar-refractivity contribution in [2.24, 2.45) is 5.73 Å². The second-order valence-corrected chi connectivity index (χ2v) is 4.83. The molecule has 0 radical (unpaired) electrons. The smallest absolute Gasteiger partial charge is 0.148 e. The molecule has 0 unspecified atom stereocenters. The molecule has 4 heteroatoms. The van der Waals surface area contributed by atoms with E-state index < -0.39 is 0 Å². The molecular weight excluding hydrogens is 202 g/mol. The molecule has 1 aromatic rings. The summed E-state index contributed by atoms with van der Waals surface area (Å²) < 4.78 is 5.47. The summed E-state index contributed by atoms with van der Waals surface area (Å²) in [6.45, 7) is 3.60. The van der Waals surface area contributed by atoms with E-state index in [-0.39, 0.29) is 5.54 Å². The highest BCUT2D eigenvalue weighted by Gasteiger charge is 2.43. The molecular formula is C12H17N3O. The second kappa shape index (κ2) is 3.50. The zero-order chi connectivity index (χ0) is 11.2. The van der Waals surface area contributed by atoms with Crippen LogP contribution in [0.1, 0.15) is 35.6 Å². The van der Waals surface area contributed by atoms with Gasteiger partial charge in [-0.15, -0.1) is 0 Å². The number of fused-ring (bicyclic) bond motifs is 1. The van der Waals surface area contributed by atoms with E-state index >= 15 is 0 Å². The van der Waals surface area contributed by atoms with Gasteiger partial charge in [0.25, 0.3) is 0 Å². The molecule has 16 heavy (non-hydrogen) atoms. The summed E-state index contributed by atoms with van der Waals surface area (Å²) >= 11 is 0. The average molecular weight is 219 g/mol. The number of ether oxygens (including phenoxy) is 1. The Hall–Kier alpha value is -1.00. The van der Waals surface area contributed by atoms with Crippen molar-refractivity contribution in [1.29, 1.82) is 0 Å². The third-order valence-electron chi connectivity index (χ3n) is 3.51. The molecule has 0 aromatic carbocycles. The lowest BCUT2D eigenvalue weighted by Gasteiger charge is -2.13. The van der Waals surface area contributed by atoms with E-state index in [9.17, 15) is 0 Å². The zero-order valence-corrected chi connectivity index (χ0v) is 9.62. The Kier molecular flexibility index (Phi) is 2.23. The molecule has 0 spiro atoms. The van der Waals surface area contributed by atoms with Crippen molar-refractivity contribution in [3.05, 3.63) is 22.8 Å². The van der Waals surface area contributed by atoms with Crippen LogP contribution < -0.4 is 5.73 Å². The molecule has 0 bridgehead atoms. The lowest BCUT2D eigenvalue weighted by atomic mass is 10.1. The zero-order valence-electron chi connectivity index (χ0n) is 9.62. The fourth-order valence-electron chi connectivity index (χ4n) is 2.21. The highest BCUT2D eigenvalue weighted by Crippen LogP contribution is 2.41. The molecule has 86 valence electrons. The van der Waals surface area contributed by atoms with Crippen molar-refractivity contribution >= 4 is 0 Å². The molecule has 0 saturated heterocycles. The van der Waals surface area contributed by atoms with Gasteiger partial charge < -0.3 is 10.5 Å². The lowest BCUT2D eigenvalue weighted by Crippen LogP contribution is -2.24. The van der Waals surface area contributed by atoms with Gasteiger partial charge in [0, 0.05) is 17.8 Å². The second-order valence-electron chi connectivity index (χ2n) is 4.83. The molecule has 0 amide bonds. The first kappa shape index (κ1) is 10.2. The van der Waals surface area contributed by atoms with E-state index in [0.29, 0.717) is 0 Å². The van der Waals surface area contributed by atoms with Crippen molar-refractivity contribution in [2.45, 2.75) is 38.1 Å². The van der Waals surface area contributed by atoms with Crippen LogP contribution in [0, 0.1) is 6.92 Å². The van der Waals surface area contributed by atoms with Crippen LogP contribution >= 0.6 is 0 Å². The fourth-order valence-corrected chi connectivity index (χ4v) is 2.21. The van der Waals surface area contributed by atoms with Crippen LogP contribution in [-0.2, 0) is 23.1 Å². The number of rotatable bonds is 1. The molecule has 3 rings (SSSR count). The molecule has 4 nitrogen and oxygen atoms in total. The Morgan fingerprint density at radius 2 is 1.94 bits per heavy atom. The Labute approximate surface area is 95.2 Å². The maximum absolute atomic E-state index is 6.15. The van der Waals surface area contributed by atoms with Crippen molar-refractivity contribution in [3.8, 4) is 0 Å². The van der Waals surface area contributed by atoms with Crippen molar-refractivity contribution in [2.75, 3.05) is 13.2 Å². The summed E-state index contributed by atoms with van der Waals surface area (Å²) in [7, 11) is 0. The first-order valence-electron chi connectivity index (χ1n) is 5.92. The SMILES string of the molecule is Cc1nc(C2(N)CC2)nc2c1CCOCC2. The number of aryl methyl sites for hydroxylation is 1. The molecule has 1 aromatic heterocycles. The largest absolute Gasteiger partial charge is 0.381 e. The first-order valence-corrected chi connectivity index (χ1v) is 5.92. The molecule has 2 aliphatic rings. The van der Waals surface area contributed by atoms with E-state index in [1.807, 2.05) is 0 Å². The summed E-state index contributed by atoms with van der Waals surface area (Å²) in [4.78, 5) is 9.22. The van der Waals surface area contributed by atoms with E-state index in [1.165, 1.54) is 5.56 Å². The third kappa shape index (κ3) is 1.62. The summed E-state index contributed by atoms with van der Waals surface area (Å²) in [5, 5.41) is 0. The van der Waals surface area contributed by atoms with Crippen molar-refractivity contribution < 1.29 is 4.74 Å². The highest BCUT2D eigenvalue weighted by atomic mass is 16.5. The summed E-state index contributed by atoms with van der Waals surface area (Å²) in [6, 6.07) is 0. The molecule has 1 fully saturated rings. The van der Waals surface area contributed by atoms with Crippen LogP contribution in [-0.4, -0.2) is 23.2 Å². The van der Waals surface area contributed by atoms with E-state index in [0.717, 1.165) is 56.1 Å². The van der Waals surface area contributed by atoms with Crippen LogP contribution in [0.3, 0.4) is 0 Å². The molecule has 2 N–H and O–H groups in total. The highest BCUT2D eigenvalue weighted by molar-refractivity contribution is 5.29. The number of nitrogens with two attached hydrogens (primary N) is 1. The van der Waals surface area contributed by atoms with Gasteiger partial charge in [-0.3, -0.25) is 0 Å². The first-order chi connectivity index (χ1) is 7.69. The summed E-state index contributed by atoms with van der Waals surface area (Å²) in [5.41, 5.74) is 9.43. The Bertz CT molecular complexity index is 427. The minimum Gasteiger partial charge on any atom is -0.381 e. The summed E-state index contributed by atoms with van der Waals surface area (Å²) in [6.07, 6.45) is 3.85. The van der Waals surface area contributed by atoms with Crippen molar-refractivity contribution in [3.63, 3.8) is 0 Å². The standard InChI is InChI=1S/C12H17N3O/c1-8-9-2-6-16-7-3-10(9)15-11(14-8)12(13)4-5-12/h2-7,13H2,1H3. The van der Waals surface area contributed by atoms with Gasteiger partial charge >= 0.3 is 0 Å². The predicted molar refractivity (Wildman–Crippen MR) is 60.1 cm³/mol. The van der Waals surface area contributed by atoms with Gasteiger partial charge in [0.05, 0.1) is 18.8 Å². The van der Waals surface area contributed by atoms with Crippen LogP contribution in [0.4, 0.5) is 0 Å². The number of hydrogen-bond acceptors (Lipinski definition) is 4. The van der Waals surface area contributed by atoms with E-state index in [4.69, 9.17) is 10.5 Å². The Balaban J connectivity index is 2.05. The summed E-state index contributed by atoms with van der Waals surface area (Å²) in [5.74, 6) is 0.839. The van der Waals surface area contributed by atoms with E-state index in [2.05, 4.69) is 16.9 Å². The maximum atomic E-state index is 6.15. The molecule has 0 atom stereocenters. The number of nitrogens with zero attached hydrogens (tertiary/aromatic N) is 2. The molecule has 1 aliphatic carbocycles. The normalized spacial score (nSPS) is 22.4. The topological polar surface area (TPSA) is 61.0 Å². The van der Waals surface area contributed by atoms with E-state index in [1.54, 1.807) is 0 Å². The Morgan fingerprint density at radius 3 is 2.69 bits per heavy atom. The van der Waals surface area contributed by atoms with Crippen LogP contribution in [0.25, 0.3) is 0 Å². The molecule has 2 heterocycles. The lowest BCUT2D eigenvalue weighted by molar-refractivity contribution is 0.146. The average Bonchev–Trinajstić information content (AvgIpc) is 3.02. The van der Waals surface area contributed by atoms with Gasteiger partial charge in [0.2, 0.25) is 0 Å². The fraction of sp³-hybridized carbons (Fsp3) is 0.667. The van der Waals surface area contributed by atoms with Gasteiger partial charge in [0.1, 0.15) is 5.82 Å². The van der Waals surface area contributed by atoms with Gasteiger partial charge in [-0.05, 0) is 31.7 Å². The maximum Gasteiger partial charge on any atom is 0.148 e. The van der Waals surface area contributed by atoms with Gasteiger partial charge in [-0.1, -0.05) is 0 Å². The number of hydrogen-bond donors (Lipinski definition) is 1. The third-order valence-corrected chi connectivity index (χ3v) is 3.51. The van der Waals surface area contributed by atoms with Crippen LogP contribution in [0.2, 0.25) is 0 Å². The van der Waals surface area contributed by atoms with Crippen LogP contribution in [0.15, 0.2) is 0 Å². The minimum atomic E-state index is -0.229. The van der Waals surface area contributed by atoms with Crippen LogP contribution in [0.5, 0.6) is 0 Å². The Morgan fingerprint density at radius 1 is 1.19 bits per heavy atom. The monoisotopic (exact) mass is 219 g/mol. The van der Waals surface area contributed by atoms with Crippen molar-refractivity contribution in [1.82, 2.24) is 9.97 Å². The predicted octanol–water partition coefficient (Wildman–Crippen LogP) is 0.848. The van der Waals surface area contributed by atoms with Gasteiger partial charge in [0.15, 0.2) is 0 Å². The van der Waals surface area contributed by atoms with Gasteiger partial charge in [-0.2, -0.15) is 0 Å². The quantitative estimate of drug-likeness (QED) is 0.760. The molecule has 1 saturated carbocycles.